The van der Waals surface area contributed by atoms with Crippen LogP contribution in [0.3, 0.4) is 0 Å². The summed E-state index contributed by atoms with van der Waals surface area (Å²) < 4.78 is 37.8. The Morgan fingerprint density at radius 1 is 1.20 bits per heavy atom. The highest BCUT2D eigenvalue weighted by atomic mass is 19.4. The summed E-state index contributed by atoms with van der Waals surface area (Å²) in [5.74, 6) is 0.258. The predicted molar refractivity (Wildman–Crippen MR) is 83.1 cm³/mol. The van der Waals surface area contributed by atoms with Gasteiger partial charge in [0.15, 0.2) is 0 Å². The van der Waals surface area contributed by atoms with E-state index in [2.05, 4.69) is 15.2 Å². The SMILES string of the molecule is O=C(c1ccc(C(F)(F)F)nc1)N1CCc2[nH]nc(C3CC3)c2CC1. The van der Waals surface area contributed by atoms with Gasteiger partial charge < -0.3 is 4.90 Å². The second-order valence-electron chi connectivity index (χ2n) is 6.56. The minimum absolute atomic E-state index is 0.180. The van der Waals surface area contributed by atoms with Crippen LogP contribution in [0.5, 0.6) is 0 Å². The fourth-order valence-electron chi connectivity index (χ4n) is 3.28. The molecule has 4 rings (SSSR count). The lowest BCUT2D eigenvalue weighted by Crippen LogP contribution is -2.33. The Balaban J connectivity index is 1.48. The maximum Gasteiger partial charge on any atom is 0.433 e. The highest BCUT2D eigenvalue weighted by molar-refractivity contribution is 5.94. The highest BCUT2D eigenvalue weighted by Crippen LogP contribution is 2.41. The maximum absolute atomic E-state index is 12.6. The van der Waals surface area contributed by atoms with E-state index in [1.54, 1.807) is 4.90 Å². The Morgan fingerprint density at radius 2 is 1.96 bits per heavy atom. The zero-order chi connectivity index (χ0) is 17.6. The van der Waals surface area contributed by atoms with Gasteiger partial charge in [-0.3, -0.25) is 14.9 Å². The molecule has 0 radical (unpaired) electrons. The number of aromatic nitrogens is 3. The molecule has 25 heavy (non-hydrogen) atoms. The maximum atomic E-state index is 12.6. The van der Waals surface area contributed by atoms with Crippen molar-refractivity contribution in [1.29, 1.82) is 0 Å². The van der Waals surface area contributed by atoms with E-state index in [0.29, 0.717) is 25.4 Å². The number of aromatic amines is 1. The van der Waals surface area contributed by atoms with E-state index in [0.717, 1.165) is 42.9 Å². The van der Waals surface area contributed by atoms with Gasteiger partial charge in [-0.25, -0.2) is 0 Å². The number of H-pyrrole nitrogens is 1. The molecule has 2 aromatic heterocycles. The molecule has 1 aliphatic heterocycles. The van der Waals surface area contributed by atoms with Crippen LogP contribution >= 0.6 is 0 Å². The molecule has 2 aromatic rings. The molecule has 1 fully saturated rings. The van der Waals surface area contributed by atoms with Crippen LogP contribution in [0.4, 0.5) is 13.2 Å². The van der Waals surface area contributed by atoms with Crippen LogP contribution < -0.4 is 0 Å². The zero-order valence-electron chi connectivity index (χ0n) is 13.4. The fraction of sp³-hybridized carbons (Fsp3) is 0.471. The Kier molecular flexibility index (Phi) is 3.77. The molecule has 0 atom stereocenters. The third kappa shape index (κ3) is 3.12. The van der Waals surface area contributed by atoms with Crippen LogP contribution in [0.25, 0.3) is 0 Å². The molecule has 0 unspecified atom stereocenters. The molecule has 0 aromatic carbocycles. The highest BCUT2D eigenvalue weighted by Gasteiger charge is 2.33. The first-order chi connectivity index (χ1) is 11.9. The lowest BCUT2D eigenvalue weighted by atomic mass is 10.1. The molecular weight excluding hydrogens is 333 g/mol. The standard InChI is InChI=1S/C17H17F3N4O/c18-17(19,20)14-4-3-11(9-21-14)16(25)24-7-5-12-13(6-8-24)22-23-15(12)10-1-2-10/h3-4,9-10H,1-2,5-8H2,(H,22,23). The number of nitrogens with one attached hydrogen (secondary N) is 1. The molecule has 0 bridgehead atoms. The zero-order valence-corrected chi connectivity index (χ0v) is 13.4. The van der Waals surface area contributed by atoms with Gasteiger partial charge in [0, 0.05) is 37.3 Å². The van der Waals surface area contributed by atoms with Crippen molar-refractivity contribution in [2.75, 3.05) is 13.1 Å². The number of nitrogens with zero attached hydrogens (tertiary/aromatic N) is 3. The van der Waals surface area contributed by atoms with Crippen LogP contribution in [-0.4, -0.2) is 39.1 Å². The van der Waals surface area contributed by atoms with E-state index in [4.69, 9.17) is 0 Å². The third-order valence-electron chi connectivity index (χ3n) is 4.80. The molecule has 132 valence electrons. The molecule has 1 saturated carbocycles. The average Bonchev–Trinajstić information content (AvgIpc) is 3.39. The average molecular weight is 350 g/mol. The number of carbonyl (C=O) groups excluding carboxylic acids is 1. The number of pyridine rings is 1. The molecule has 0 spiro atoms. The van der Waals surface area contributed by atoms with Crippen LogP contribution in [0.2, 0.25) is 0 Å². The minimum atomic E-state index is -4.50. The minimum Gasteiger partial charge on any atom is -0.338 e. The first-order valence-corrected chi connectivity index (χ1v) is 8.32. The van der Waals surface area contributed by atoms with Crippen molar-refractivity contribution >= 4 is 5.91 Å². The molecule has 0 saturated heterocycles. The van der Waals surface area contributed by atoms with E-state index in [1.807, 2.05) is 0 Å². The van der Waals surface area contributed by atoms with Crippen molar-refractivity contribution in [1.82, 2.24) is 20.1 Å². The van der Waals surface area contributed by atoms with Gasteiger partial charge in [0.05, 0.1) is 11.3 Å². The fourth-order valence-corrected chi connectivity index (χ4v) is 3.28. The van der Waals surface area contributed by atoms with E-state index >= 15 is 0 Å². The quantitative estimate of drug-likeness (QED) is 0.906. The van der Waals surface area contributed by atoms with Crippen molar-refractivity contribution in [3.63, 3.8) is 0 Å². The van der Waals surface area contributed by atoms with Crippen LogP contribution in [0, 0.1) is 0 Å². The van der Waals surface area contributed by atoms with Gasteiger partial charge in [-0.15, -0.1) is 0 Å². The van der Waals surface area contributed by atoms with Crippen molar-refractivity contribution in [3.8, 4) is 0 Å². The predicted octanol–water partition coefficient (Wildman–Crippen LogP) is 2.94. The Hall–Kier alpha value is -2.38. The van der Waals surface area contributed by atoms with E-state index in [9.17, 15) is 18.0 Å². The summed E-state index contributed by atoms with van der Waals surface area (Å²) >= 11 is 0. The molecule has 8 heteroatoms. The summed E-state index contributed by atoms with van der Waals surface area (Å²) in [7, 11) is 0. The van der Waals surface area contributed by atoms with Crippen molar-refractivity contribution in [2.45, 2.75) is 37.8 Å². The summed E-state index contributed by atoms with van der Waals surface area (Å²) in [4.78, 5) is 17.6. The lowest BCUT2D eigenvalue weighted by molar-refractivity contribution is -0.141. The summed E-state index contributed by atoms with van der Waals surface area (Å²) in [5.41, 5.74) is 2.60. The van der Waals surface area contributed by atoms with Gasteiger partial charge in [-0.05, 0) is 37.0 Å². The number of hydrogen-bond acceptors (Lipinski definition) is 3. The number of carbonyl (C=O) groups is 1. The smallest absolute Gasteiger partial charge is 0.338 e. The van der Waals surface area contributed by atoms with Crippen molar-refractivity contribution in [2.24, 2.45) is 0 Å². The van der Waals surface area contributed by atoms with E-state index in [1.165, 1.54) is 11.6 Å². The monoisotopic (exact) mass is 350 g/mol. The summed E-state index contributed by atoms with van der Waals surface area (Å²) in [6.45, 7) is 1.05. The topological polar surface area (TPSA) is 61.9 Å². The van der Waals surface area contributed by atoms with Crippen molar-refractivity contribution in [3.05, 3.63) is 46.5 Å². The molecule has 1 N–H and O–H groups in total. The van der Waals surface area contributed by atoms with Gasteiger partial charge in [0.1, 0.15) is 5.69 Å². The van der Waals surface area contributed by atoms with Gasteiger partial charge in [0.2, 0.25) is 0 Å². The van der Waals surface area contributed by atoms with Gasteiger partial charge in [-0.1, -0.05) is 0 Å². The second kappa shape index (κ2) is 5.86. The Labute approximate surface area is 142 Å². The summed E-state index contributed by atoms with van der Waals surface area (Å²) in [6.07, 6.45) is 0.228. The number of fused-ring (bicyclic) bond motifs is 1. The summed E-state index contributed by atoms with van der Waals surface area (Å²) in [5, 5.41) is 7.50. The number of hydrogen-bond donors (Lipinski definition) is 1. The first-order valence-electron chi connectivity index (χ1n) is 8.32. The molecule has 1 amide bonds. The second-order valence-corrected chi connectivity index (χ2v) is 6.56. The largest absolute Gasteiger partial charge is 0.433 e. The van der Waals surface area contributed by atoms with E-state index < -0.39 is 11.9 Å². The molecular formula is C17H17F3N4O. The van der Waals surface area contributed by atoms with E-state index in [-0.39, 0.29) is 11.5 Å². The molecule has 5 nitrogen and oxygen atoms in total. The van der Waals surface area contributed by atoms with Crippen molar-refractivity contribution < 1.29 is 18.0 Å². The lowest BCUT2D eigenvalue weighted by Gasteiger charge is -2.20. The molecule has 2 aliphatic rings. The van der Waals surface area contributed by atoms with Crippen LogP contribution in [0.15, 0.2) is 18.3 Å². The summed E-state index contributed by atoms with van der Waals surface area (Å²) in [6, 6.07) is 2.04. The number of amides is 1. The van der Waals surface area contributed by atoms with Gasteiger partial charge in [0.25, 0.3) is 5.91 Å². The first kappa shape index (κ1) is 16.1. The molecule has 1 aliphatic carbocycles. The van der Waals surface area contributed by atoms with Gasteiger partial charge >= 0.3 is 6.18 Å². The number of rotatable bonds is 2. The Morgan fingerprint density at radius 3 is 2.60 bits per heavy atom. The Bertz CT molecular complexity index is 793. The molecule has 3 heterocycles. The van der Waals surface area contributed by atoms with Gasteiger partial charge in [-0.2, -0.15) is 18.3 Å². The third-order valence-corrected chi connectivity index (χ3v) is 4.80. The number of alkyl halides is 3. The normalized spacial score (nSPS) is 18.0. The van der Waals surface area contributed by atoms with Crippen LogP contribution in [0.1, 0.15) is 51.8 Å². The van der Waals surface area contributed by atoms with Crippen LogP contribution in [-0.2, 0) is 19.0 Å². The number of halogens is 3.